The lowest BCUT2D eigenvalue weighted by Crippen LogP contribution is -2.16. The lowest BCUT2D eigenvalue weighted by atomic mass is 10.1. The molecule has 3 rings (SSSR count). The number of anilines is 1. The molecule has 3 aromatic rings. The molecule has 0 spiro atoms. The van der Waals surface area contributed by atoms with Gasteiger partial charge in [0.1, 0.15) is 5.01 Å². The number of aryl methyl sites for hydroxylation is 2. The molecule has 0 radical (unpaired) electrons. The van der Waals surface area contributed by atoms with Crippen molar-refractivity contribution >= 4 is 28.2 Å². The molecular formula is C15H19N7OS. The van der Waals surface area contributed by atoms with Crippen molar-refractivity contribution in [1.29, 1.82) is 0 Å². The summed E-state index contributed by atoms with van der Waals surface area (Å²) >= 11 is 1.39. The Hall–Kier alpha value is -2.42. The fourth-order valence-electron chi connectivity index (χ4n) is 2.57. The minimum absolute atomic E-state index is 0.188. The van der Waals surface area contributed by atoms with Crippen LogP contribution < -0.4 is 5.32 Å². The molecule has 0 aliphatic carbocycles. The molecule has 0 saturated heterocycles. The van der Waals surface area contributed by atoms with Crippen molar-refractivity contribution in [2.45, 2.75) is 46.5 Å². The summed E-state index contributed by atoms with van der Waals surface area (Å²) in [6, 6.07) is 1.88. The van der Waals surface area contributed by atoms with E-state index in [2.05, 4.69) is 44.5 Å². The average Bonchev–Trinajstić information content (AvgIpc) is 3.14. The van der Waals surface area contributed by atoms with Gasteiger partial charge in [0.05, 0.1) is 0 Å². The van der Waals surface area contributed by atoms with E-state index in [0.29, 0.717) is 16.8 Å². The van der Waals surface area contributed by atoms with Crippen molar-refractivity contribution in [2.24, 2.45) is 0 Å². The molecule has 9 heteroatoms. The maximum atomic E-state index is 12.5. The molecule has 0 bridgehead atoms. The Bertz CT molecular complexity index is 885. The predicted octanol–water partition coefficient (Wildman–Crippen LogP) is 2.75. The second-order valence-electron chi connectivity index (χ2n) is 5.79. The zero-order valence-electron chi connectivity index (χ0n) is 14.1. The van der Waals surface area contributed by atoms with E-state index >= 15 is 0 Å². The molecule has 3 aromatic heterocycles. The molecule has 24 heavy (non-hydrogen) atoms. The van der Waals surface area contributed by atoms with E-state index in [9.17, 15) is 4.79 Å². The third kappa shape index (κ3) is 3.12. The first kappa shape index (κ1) is 16.4. The number of rotatable bonds is 5. The summed E-state index contributed by atoms with van der Waals surface area (Å²) in [5.74, 6) is 0.559. The van der Waals surface area contributed by atoms with Crippen LogP contribution in [0.1, 0.15) is 59.6 Å². The smallest absolute Gasteiger partial charge is 0.294 e. The van der Waals surface area contributed by atoms with Crippen LogP contribution in [-0.4, -0.2) is 35.7 Å². The molecule has 1 amide bonds. The number of carbonyl (C=O) groups excluding carboxylic acids is 1. The van der Waals surface area contributed by atoms with Crippen molar-refractivity contribution < 1.29 is 4.79 Å². The summed E-state index contributed by atoms with van der Waals surface area (Å²) < 4.78 is 1.63. The molecule has 1 N–H and O–H groups in total. The van der Waals surface area contributed by atoms with Gasteiger partial charge in [-0.3, -0.25) is 14.5 Å². The summed E-state index contributed by atoms with van der Waals surface area (Å²) in [6.45, 7) is 8.01. The fourth-order valence-corrected chi connectivity index (χ4v) is 3.40. The standard InChI is InChI=1S/C15H19N7OS/c1-5-6-8(2)13-19-21-15(24-13)17-12(23)11-18-20-14-16-9(3)7-10(4)22(11)14/h7-8H,5-6H2,1-4H3,(H,17,21,23)/t8-/m1/s1. The minimum atomic E-state index is -0.373. The van der Waals surface area contributed by atoms with E-state index in [1.807, 2.05) is 19.9 Å². The van der Waals surface area contributed by atoms with Gasteiger partial charge in [-0.15, -0.1) is 20.4 Å². The molecule has 0 fully saturated rings. The zero-order valence-corrected chi connectivity index (χ0v) is 14.9. The molecule has 0 aliphatic heterocycles. The zero-order chi connectivity index (χ0) is 17.3. The highest BCUT2D eigenvalue weighted by molar-refractivity contribution is 7.15. The van der Waals surface area contributed by atoms with Gasteiger partial charge in [-0.05, 0) is 26.3 Å². The molecule has 126 valence electrons. The van der Waals surface area contributed by atoms with Crippen LogP contribution in [0.5, 0.6) is 0 Å². The number of carbonyl (C=O) groups is 1. The van der Waals surface area contributed by atoms with Crippen LogP contribution in [0.4, 0.5) is 5.13 Å². The third-order valence-electron chi connectivity index (χ3n) is 3.70. The monoisotopic (exact) mass is 345 g/mol. The highest BCUT2D eigenvalue weighted by Gasteiger charge is 2.19. The van der Waals surface area contributed by atoms with Crippen LogP contribution in [0.3, 0.4) is 0 Å². The van der Waals surface area contributed by atoms with Crippen LogP contribution in [0.25, 0.3) is 5.78 Å². The third-order valence-corrected chi connectivity index (χ3v) is 4.77. The van der Waals surface area contributed by atoms with Gasteiger partial charge in [-0.1, -0.05) is 31.6 Å². The molecule has 0 unspecified atom stereocenters. The van der Waals surface area contributed by atoms with Crippen LogP contribution in [0, 0.1) is 13.8 Å². The number of hydrogen-bond acceptors (Lipinski definition) is 7. The Balaban J connectivity index is 1.83. The molecular weight excluding hydrogens is 326 g/mol. The fraction of sp³-hybridized carbons (Fsp3) is 0.467. The van der Waals surface area contributed by atoms with Gasteiger partial charge in [-0.25, -0.2) is 4.98 Å². The van der Waals surface area contributed by atoms with Crippen LogP contribution in [-0.2, 0) is 0 Å². The van der Waals surface area contributed by atoms with Crippen molar-refractivity contribution in [2.75, 3.05) is 5.32 Å². The first-order chi connectivity index (χ1) is 11.5. The summed E-state index contributed by atoms with van der Waals surface area (Å²) in [7, 11) is 0. The average molecular weight is 345 g/mol. The Labute approximate surface area is 143 Å². The molecule has 8 nitrogen and oxygen atoms in total. The van der Waals surface area contributed by atoms with Gasteiger partial charge in [-0.2, -0.15) is 0 Å². The van der Waals surface area contributed by atoms with Crippen LogP contribution in [0.2, 0.25) is 0 Å². The van der Waals surface area contributed by atoms with Gasteiger partial charge >= 0.3 is 0 Å². The van der Waals surface area contributed by atoms with Crippen LogP contribution in [0.15, 0.2) is 6.07 Å². The largest absolute Gasteiger partial charge is 0.295 e. The number of nitrogens with zero attached hydrogens (tertiary/aromatic N) is 6. The second kappa shape index (κ2) is 6.60. The number of aromatic nitrogens is 6. The first-order valence-electron chi connectivity index (χ1n) is 7.83. The number of amides is 1. The topological polar surface area (TPSA) is 98.0 Å². The van der Waals surface area contributed by atoms with E-state index in [4.69, 9.17) is 0 Å². The Kier molecular flexibility index (Phi) is 4.52. The van der Waals surface area contributed by atoms with Crippen LogP contribution >= 0.6 is 11.3 Å². The maximum absolute atomic E-state index is 12.5. The van der Waals surface area contributed by atoms with E-state index in [-0.39, 0.29) is 11.7 Å². The molecule has 0 aromatic carbocycles. The van der Waals surface area contributed by atoms with Gasteiger partial charge in [0.15, 0.2) is 0 Å². The van der Waals surface area contributed by atoms with Crippen molar-refractivity contribution in [1.82, 2.24) is 29.8 Å². The van der Waals surface area contributed by atoms with Crippen molar-refractivity contribution in [3.05, 3.63) is 28.3 Å². The van der Waals surface area contributed by atoms with Gasteiger partial charge in [0.2, 0.25) is 11.0 Å². The highest BCUT2D eigenvalue weighted by Crippen LogP contribution is 2.26. The van der Waals surface area contributed by atoms with Gasteiger partial charge < -0.3 is 0 Å². The summed E-state index contributed by atoms with van der Waals surface area (Å²) in [6.07, 6.45) is 2.13. The van der Waals surface area contributed by atoms with Crippen molar-refractivity contribution in [3.63, 3.8) is 0 Å². The Morgan fingerprint density at radius 1 is 1.29 bits per heavy atom. The van der Waals surface area contributed by atoms with Gasteiger partial charge in [0, 0.05) is 17.3 Å². The maximum Gasteiger partial charge on any atom is 0.295 e. The summed E-state index contributed by atoms with van der Waals surface area (Å²) in [5.41, 5.74) is 1.68. The van der Waals surface area contributed by atoms with Gasteiger partial charge in [0.25, 0.3) is 11.7 Å². The highest BCUT2D eigenvalue weighted by atomic mass is 32.1. The summed E-state index contributed by atoms with van der Waals surface area (Å²) in [5, 5.41) is 20.3. The Morgan fingerprint density at radius 3 is 2.83 bits per heavy atom. The normalized spacial score (nSPS) is 12.5. The number of fused-ring (bicyclic) bond motifs is 1. The molecule has 3 heterocycles. The first-order valence-corrected chi connectivity index (χ1v) is 8.65. The lowest BCUT2D eigenvalue weighted by Gasteiger charge is -2.04. The quantitative estimate of drug-likeness (QED) is 0.763. The number of nitrogens with one attached hydrogen (secondary N) is 1. The van der Waals surface area contributed by atoms with E-state index < -0.39 is 0 Å². The second-order valence-corrected chi connectivity index (χ2v) is 6.80. The molecule has 0 saturated carbocycles. The van der Waals surface area contributed by atoms with E-state index in [1.54, 1.807) is 4.40 Å². The Morgan fingerprint density at radius 2 is 2.08 bits per heavy atom. The molecule has 1 atom stereocenters. The summed E-state index contributed by atoms with van der Waals surface area (Å²) in [4.78, 5) is 16.8. The van der Waals surface area contributed by atoms with E-state index in [0.717, 1.165) is 29.2 Å². The minimum Gasteiger partial charge on any atom is -0.294 e. The SMILES string of the molecule is CCC[C@@H](C)c1nnc(NC(=O)c2nnc3nc(C)cc(C)n23)s1. The lowest BCUT2D eigenvalue weighted by molar-refractivity contribution is 0.101. The predicted molar refractivity (Wildman–Crippen MR) is 91.4 cm³/mol. The number of hydrogen-bond donors (Lipinski definition) is 1. The van der Waals surface area contributed by atoms with E-state index in [1.165, 1.54) is 11.3 Å². The molecule has 0 aliphatic rings. The van der Waals surface area contributed by atoms with Crippen molar-refractivity contribution in [3.8, 4) is 0 Å².